The maximum atomic E-state index is 12.0. The van der Waals surface area contributed by atoms with Gasteiger partial charge in [-0.05, 0) is 24.3 Å². The van der Waals surface area contributed by atoms with Gasteiger partial charge in [-0.1, -0.05) is 39.7 Å². The van der Waals surface area contributed by atoms with E-state index in [-0.39, 0.29) is 10.6 Å². The molecule has 0 heterocycles. The number of hydrogen-bond acceptors (Lipinski definition) is 5. The number of esters is 1. The summed E-state index contributed by atoms with van der Waals surface area (Å²) >= 11 is 8.97. The summed E-state index contributed by atoms with van der Waals surface area (Å²) in [5.74, 6) is -1.41. The smallest absolute Gasteiger partial charge is 0.345 e. The molecule has 0 saturated heterocycles. The molecule has 0 bridgehead atoms. The van der Waals surface area contributed by atoms with E-state index in [2.05, 4.69) is 15.9 Å². The monoisotopic (exact) mass is 397 g/mol. The lowest BCUT2D eigenvalue weighted by Crippen LogP contribution is -2.15. The number of ketones is 1. The van der Waals surface area contributed by atoms with Crippen molar-refractivity contribution in [1.82, 2.24) is 0 Å². The number of ether oxygens (including phenoxy) is 1. The van der Waals surface area contributed by atoms with Crippen LogP contribution in [0.5, 0.6) is 0 Å². The molecule has 0 saturated carbocycles. The maximum Gasteiger partial charge on any atom is 0.345 e. The predicted molar refractivity (Wildman–Crippen MR) is 86.9 cm³/mol. The Balaban J connectivity index is 2.12. The van der Waals surface area contributed by atoms with Crippen molar-refractivity contribution in [2.45, 2.75) is 0 Å². The lowest BCUT2D eigenvalue weighted by Gasteiger charge is -2.06. The van der Waals surface area contributed by atoms with Gasteiger partial charge in [-0.2, -0.15) is 0 Å². The lowest BCUT2D eigenvalue weighted by molar-refractivity contribution is -0.385. The van der Waals surface area contributed by atoms with Gasteiger partial charge in [-0.3, -0.25) is 14.9 Å². The SMILES string of the molecule is O=C(COC(=O)c1cc(Cl)ccc1[N+](=O)[O-])c1cccc(Br)c1. The Morgan fingerprint density at radius 3 is 2.61 bits per heavy atom. The Bertz CT molecular complexity index is 793. The van der Waals surface area contributed by atoms with Crippen molar-refractivity contribution >= 4 is 45.0 Å². The van der Waals surface area contributed by atoms with Crippen LogP contribution in [0.15, 0.2) is 46.9 Å². The van der Waals surface area contributed by atoms with Gasteiger partial charge in [0, 0.05) is 21.1 Å². The number of Topliss-reactive ketones (excluding diaryl/α,β-unsaturated/α-hetero) is 1. The molecule has 0 aromatic heterocycles. The Morgan fingerprint density at radius 2 is 1.96 bits per heavy atom. The molecule has 0 aliphatic rings. The van der Waals surface area contributed by atoms with Crippen LogP contribution < -0.4 is 0 Å². The zero-order valence-corrected chi connectivity index (χ0v) is 13.8. The fourth-order valence-electron chi connectivity index (χ4n) is 1.79. The van der Waals surface area contributed by atoms with E-state index in [1.165, 1.54) is 6.07 Å². The van der Waals surface area contributed by atoms with Gasteiger partial charge in [0.25, 0.3) is 5.69 Å². The van der Waals surface area contributed by atoms with Crippen molar-refractivity contribution in [3.63, 3.8) is 0 Å². The molecule has 2 aromatic rings. The molecule has 8 heteroatoms. The summed E-state index contributed by atoms with van der Waals surface area (Å²) in [6.45, 7) is -0.529. The van der Waals surface area contributed by atoms with Gasteiger partial charge < -0.3 is 4.74 Å². The van der Waals surface area contributed by atoms with E-state index in [0.29, 0.717) is 10.0 Å². The Labute approximate surface area is 144 Å². The van der Waals surface area contributed by atoms with Crippen LogP contribution in [-0.2, 0) is 4.74 Å². The molecule has 0 fully saturated rings. The highest BCUT2D eigenvalue weighted by Gasteiger charge is 2.22. The number of carbonyl (C=O) groups is 2. The highest BCUT2D eigenvalue weighted by Crippen LogP contribution is 2.23. The Hall–Kier alpha value is -2.25. The molecule has 0 radical (unpaired) electrons. The molecule has 2 rings (SSSR count). The molecule has 0 spiro atoms. The topological polar surface area (TPSA) is 86.5 Å². The first-order valence-corrected chi connectivity index (χ1v) is 7.45. The third kappa shape index (κ3) is 4.37. The van der Waals surface area contributed by atoms with Gasteiger partial charge in [-0.25, -0.2) is 4.79 Å². The van der Waals surface area contributed by atoms with Crippen LogP contribution in [0.3, 0.4) is 0 Å². The summed E-state index contributed by atoms with van der Waals surface area (Å²) in [4.78, 5) is 34.1. The number of nitrogens with zero attached hydrogens (tertiary/aromatic N) is 1. The fourth-order valence-corrected chi connectivity index (χ4v) is 2.36. The summed E-state index contributed by atoms with van der Waals surface area (Å²) < 4.78 is 5.57. The number of hydrogen-bond donors (Lipinski definition) is 0. The van der Waals surface area contributed by atoms with Gasteiger partial charge in [0.05, 0.1) is 4.92 Å². The van der Waals surface area contributed by atoms with Crippen LogP contribution in [0.25, 0.3) is 0 Å². The van der Waals surface area contributed by atoms with Crippen molar-refractivity contribution < 1.29 is 19.2 Å². The Morgan fingerprint density at radius 1 is 1.22 bits per heavy atom. The van der Waals surface area contributed by atoms with E-state index < -0.39 is 29.0 Å². The summed E-state index contributed by atoms with van der Waals surface area (Å²) in [5.41, 5.74) is -0.383. The van der Waals surface area contributed by atoms with E-state index in [0.717, 1.165) is 12.1 Å². The number of benzene rings is 2. The zero-order valence-electron chi connectivity index (χ0n) is 11.5. The van der Waals surface area contributed by atoms with Crippen molar-refractivity contribution in [1.29, 1.82) is 0 Å². The second-order valence-electron chi connectivity index (χ2n) is 4.43. The average Bonchev–Trinajstić information content (AvgIpc) is 2.51. The van der Waals surface area contributed by atoms with E-state index in [1.807, 2.05) is 0 Å². The molecular formula is C15H9BrClNO5. The van der Waals surface area contributed by atoms with Gasteiger partial charge in [0.2, 0.25) is 0 Å². The first-order chi connectivity index (χ1) is 10.9. The standard InChI is InChI=1S/C15H9BrClNO5/c16-10-3-1-2-9(6-10)14(19)8-23-15(20)12-7-11(17)4-5-13(12)18(21)22/h1-7H,8H2. The van der Waals surface area contributed by atoms with Crippen molar-refractivity contribution in [3.8, 4) is 0 Å². The van der Waals surface area contributed by atoms with Gasteiger partial charge >= 0.3 is 5.97 Å². The maximum absolute atomic E-state index is 12.0. The summed E-state index contributed by atoms with van der Waals surface area (Å²) in [6.07, 6.45) is 0. The lowest BCUT2D eigenvalue weighted by atomic mass is 10.1. The van der Waals surface area contributed by atoms with Crippen LogP contribution >= 0.6 is 27.5 Å². The van der Waals surface area contributed by atoms with Crippen LogP contribution in [0.1, 0.15) is 20.7 Å². The fraction of sp³-hybridized carbons (Fsp3) is 0.0667. The zero-order chi connectivity index (χ0) is 17.0. The third-order valence-electron chi connectivity index (χ3n) is 2.86. The first-order valence-electron chi connectivity index (χ1n) is 6.28. The summed E-state index contributed by atoms with van der Waals surface area (Å²) in [6, 6.07) is 10.1. The molecule has 0 aliphatic heterocycles. The molecule has 118 valence electrons. The molecule has 0 unspecified atom stereocenters. The van der Waals surface area contributed by atoms with Crippen LogP contribution in [-0.4, -0.2) is 23.3 Å². The van der Waals surface area contributed by atoms with Gasteiger partial charge in [0.15, 0.2) is 12.4 Å². The minimum atomic E-state index is -0.984. The number of nitro groups is 1. The van der Waals surface area contributed by atoms with Crippen molar-refractivity contribution in [2.75, 3.05) is 6.61 Å². The third-order valence-corrected chi connectivity index (χ3v) is 3.58. The summed E-state index contributed by atoms with van der Waals surface area (Å²) in [7, 11) is 0. The number of nitro benzene ring substituents is 1. The molecular weight excluding hydrogens is 390 g/mol. The quantitative estimate of drug-likeness (QED) is 0.328. The number of halogens is 2. The second-order valence-corrected chi connectivity index (χ2v) is 5.78. The highest BCUT2D eigenvalue weighted by molar-refractivity contribution is 9.10. The van der Waals surface area contributed by atoms with Crippen molar-refractivity contribution in [2.24, 2.45) is 0 Å². The molecule has 2 aromatic carbocycles. The molecule has 6 nitrogen and oxygen atoms in total. The minimum absolute atomic E-state index is 0.154. The van der Waals surface area contributed by atoms with E-state index >= 15 is 0 Å². The van der Waals surface area contributed by atoms with E-state index in [1.54, 1.807) is 24.3 Å². The van der Waals surface area contributed by atoms with E-state index in [4.69, 9.17) is 16.3 Å². The molecule has 0 aliphatic carbocycles. The van der Waals surface area contributed by atoms with Crippen LogP contribution in [0.2, 0.25) is 5.02 Å². The normalized spacial score (nSPS) is 10.2. The summed E-state index contributed by atoms with van der Waals surface area (Å²) in [5, 5.41) is 11.1. The van der Waals surface area contributed by atoms with Crippen LogP contribution in [0, 0.1) is 10.1 Å². The van der Waals surface area contributed by atoms with Gasteiger partial charge in [0.1, 0.15) is 5.56 Å². The molecule has 0 N–H and O–H groups in total. The number of rotatable bonds is 5. The second kappa shape index (κ2) is 7.34. The molecule has 0 atom stereocenters. The number of carbonyl (C=O) groups excluding carboxylic acids is 2. The molecule has 0 amide bonds. The van der Waals surface area contributed by atoms with Crippen LogP contribution in [0.4, 0.5) is 5.69 Å². The van der Waals surface area contributed by atoms with Crippen molar-refractivity contribution in [3.05, 3.63) is 73.2 Å². The van der Waals surface area contributed by atoms with E-state index in [9.17, 15) is 19.7 Å². The Kier molecular flexibility index (Phi) is 5.46. The highest BCUT2D eigenvalue weighted by atomic mass is 79.9. The minimum Gasteiger partial charge on any atom is -0.454 e. The van der Waals surface area contributed by atoms with Gasteiger partial charge in [-0.15, -0.1) is 0 Å². The predicted octanol–water partition coefficient (Wildman–Crippen LogP) is 4.05. The largest absolute Gasteiger partial charge is 0.454 e. The molecule has 23 heavy (non-hydrogen) atoms. The average molecular weight is 399 g/mol. The first kappa shape index (κ1) is 17.1.